The second kappa shape index (κ2) is 8.14. The van der Waals surface area contributed by atoms with Gasteiger partial charge < -0.3 is 15.0 Å². The summed E-state index contributed by atoms with van der Waals surface area (Å²) in [5, 5.41) is 13.7. The van der Waals surface area contributed by atoms with Gasteiger partial charge in [0.2, 0.25) is 0 Å². The number of carbonyl (C=O) groups is 2. The normalized spacial score (nSPS) is 18.4. The Bertz CT molecular complexity index is 1020. The molecule has 2 amide bonds. The molecule has 2 heterocycles. The zero-order valence-electron chi connectivity index (χ0n) is 16.7. The minimum atomic E-state index is -0.481. The van der Waals surface area contributed by atoms with Gasteiger partial charge in [-0.15, -0.1) is 0 Å². The van der Waals surface area contributed by atoms with Crippen LogP contribution in [0.5, 0.6) is 5.75 Å². The predicted octanol–water partition coefficient (Wildman–Crippen LogP) is 3.93. The van der Waals surface area contributed by atoms with Crippen LogP contribution < -0.4 is 10.1 Å². The Morgan fingerprint density at radius 3 is 2.80 bits per heavy atom. The summed E-state index contributed by atoms with van der Waals surface area (Å²) < 4.78 is 5.82. The molecule has 30 heavy (non-hydrogen) atoms. The van der Waals surface area contributed by atoms with E-state index >= 15 is 0 Å². The molecule has 8 heteroatoms. The average molecular weight is 409 g/mol. The van der Waals surface area contributed by atoms with Crippen LogP contribution >= 0.6 is 0 Å². The van der Waals surface area contributed by atoms with E-state index in [1.54, 1.807) is 25.1 Å². The van der Waals surface area contributed by atoms with E-state index in [4.69, 9.17) is 4.74 Å². The van der Waals surface area contributed by atoms with Crippen molar-refractivity contribution in [1.29, 1.82) is 0 Å². The van der Waals surface area contributed by atoms with Gasteiger partial charge in [0.1, 0.15) is 5.75 Å². The van der Waals surface area contributed by atoms with Crippen LogP contribution in [0.25, 0.3) is 0 Å². The van der Waals surface area contributed by atoms with Crippen molar-refractivity contribution in [2.75, 3.05) is 18.5 Å². The SMILES string of the molecule is Cc1cc(C(=O)Nc2ccc3c(c2)C(=O)N2CCCCC2CCO3)ccc1[N+](=O)[O-]. The van der Waals surface area contributed by atoms with Crippen LogP contribution in [-0.4, -0.2) is 40.8 Å². The van der Waals surface area contributed by atoms with E-state index in [2.05, 4.69) is 5.32 Å². The molecule has 4 rings (SSSR count). The van der Waals surface area contributed by atoms with Gasteiger partial charge in [-0.25, -0.2) is 0 Å². The van der Waals surface area contributed by atoms with E-state index in [0.717, 1.165) is 32.2 Å². The molecule has 2 aromatic rings. The maximum atomic E-state index is 13.1. The number of carbonyl (C=O) groups excluding carboxylic acids is 2. The Balaban J connectivity index is 1.58. The lowest BCUT2D eigenvalue weighted by molar-refractivity contribution is -0.385. The summed E-state index contributed by atoms with van der Waals surface area (Å²) in [6.45, 7) is 2.88. The maximum absolute atomic E-state index is 13.1. The second-order valence-electron chi connectivity index (χ2n) is 7.71. The summed E-state index contributed by atoms with van der Waals surface area (Å²) >= 11 is 0. The van der Waals surface area contributed by atoms with Gasteiger partial charge in [0.25, 0.3) is 17.5 Å². The number of nitrogens with one attached hydrogen (secondary N) is 1. The van der Waals surface area contributed by atoms with Crippen molar-refractivity contribution in [1.82, 2.24) is 4.90 Å². The Morgan fingerprint density at radius 1 is 1.20 bits per heavy atom. The minimum Gasteiger partial charge on any atom is -0.493 e. The molecule has 0 bridgehead atoms. The van der Waals surface area contributed by atoms with Crippen LogP contribution in [0.4, 0.5) is 11.4 Å². The number of anilines is 1. The summed E-state index contributed by atoms with van der Waals surface area (Å²) in [4.78, 5) is 38.2. The zero-order chi connectivity index (χ0) is 21.3. The standard InChI is InChI=1S/C22H23N3O5/c1-14-12-15(5-7-19(14)25(28)29)21(26)23-16-6-8-20-18(13-16)22(27)24-10-3-2-4-17(24)9-11-30-20/h5-8,12-13,17H,2-4,9-11H2,1H3,(H,23,26). The van der Waals surface area contributed by atoms with Crippen molar-refractivity contribution in [2.24, 2.45) is 0 Å². The van der Waals surface area contributed by atoms with Crippen LogP contribution in [0.1, 0.15) is 52.0 Å². The van der Waals surface area contributed by atoms with Crippen LogP contribution in [0.3, 0.4) is 0 Å². The molecular weight excluding hydrogens is 386 g/mol. The van der Waals surface area contributed by atoms with Gasteiger partial charge in [0, 0.05) is 41.9 Å². The minimum absolute atomic E-state index is 0.0357. The molecule has 2 aliphatic rings. The van der Waals surface area contributed by atoms with Gasteiger partial charge in [-0.2, -0.15) is 0 Å². The first-order valence-corrected chi connectivity index (χ1v) is 10.1. The van der Waals surface area contributed by atoms with Crippen molar-refractivity contribution in [3.05, 3.63) is 63.2 Å². The summed E-state index contributed by atoms with van der Waals surface area (Å²) in [7, 11) is 0. The van der Waals surface area contributed by atoms with Crippen molar-refractivity contribution in [3.63, 3.8) is 0 Å². The fourth-order valence-corrected chi connectivity index (χ4v) is 4.13. The van der Waals surface area contributed by atoms with Gasteiger partial charge in [0.05, 0.1) is 17.1 Å². The fourth-order valence-electron chi connectivity index (χ4n) is 4.13. The number of benzene rings is 2. The molecule has 0 aliphatic carbocycles. The maximum Gasteiger partial charge on any atom is 0.272 e. The molecule has 1 fully saturated rings. The fraction of sp³-hybridized carbons (Fsp3) is 0.364. The van der Waals surface area contributed by atoms with Gasteiger partial charge in [-0.05, 0) is 56.5 Å². The molecule has 0 saturated carbocycles. The largest absolute Gasteiger partial charge is 0.493 e. The Morgan fingerprint density at radius 2 is 2.03 bits per heavy atom. The van der Waals surface area contributed by atoms with Gasteiger partial charge in [0.15, 0.2) is 0 Å². The summed E-state index contributed by atoms with van der Waals surface area (Å²) in [6.07, 6.45) is 3.92. The number of ether oxygens (including phenoxy) is 1. The first-order valence-electron chi connectivity index (χ1n) is 10.1. The molecule has 1 N–H and O–H groups in total. The molecular formula is C22H23N3O5. The highest BCUT2D eigenvalue weighted by Crippen LogP contribution is 2.31. The quantitative estimate of drug-likeness (QED) is 0.611. The van der Waals surface area contributed by atoms with E-state index in [1.807, 2.05) is 4.90 Å². The monoisotopic (exact) mass is 409 g/mol. The molecule has 0 spiro atoms. The number of fused-ring (bicyclic) bond motifs is 2. The first kappa shape index (κ1) is 19.9. The number of rotatable bonds is 3. The predicted molar refractivity (Wildman–Crippen MR) is 111 cm³/mol. The van der Waals surface area contributed by atoms with Crippen LogP contribution in [0.15, 0.2) is 36.4 Å². The molecule has 1 unspecified atom stereocenters. The van der Waals surface area contributed by atoms with Crippen LogP contribution in [-0.2, 0) is 0 Å². The number of nitro benzene ring substituents is 1. The average Bonchev–Trinajstić information content (AvgIpc) is 2.73. The van der Waals surface area contributed by atoms with Crippen LogP contribution in [0, 0.1) is 17.0 Å². The third-order valence-corrected chi connectivity index (χ3v) is 5.72. The van der Waals surface area contributed by atoms with Gasteiger partial charge in [-0.1, -0.05) is 0 Å². The van der Waals surface area contributed by atoms with Crippen molar-refractivity contribution in [3.8, 4) is 5.75 Å². The molecule has 156 valence electrons. The van der Waals surface area contributed by atoms with Gasteiger partial charge in [-0.3, -0.25) is 19.7 Å². The molecule has 0 aromatic heterocycles. The molecule has 2 aromatic carbocycles. The molecule has 1 atom stereocenters. The lowest BCUT2D eigenvalue weighted by atomic mass is 9.97. The first-order chi connectivity index (χ1) is 14.4. The topological polar surface area (TPSA) is 102 Å². The summed E-state index contributed by atoms with van der Waals surface area (Å²) in [6, 6.07) is 9.45. The van der Waals surface area contributed by atoms with Crippen molar-refractivity contribution in [2.45, 2.75) is 38.6 Å². The van der Waals surface area contributed by atoms with E-state index < -0.39 is 10.8 Å². The third-order valence-electron chi connectivity index (χ3n) is 5.72. The molecule has 0 radical (unpaired) electrons. The number of nitro groups is 1. The van der Waals surface area contributed by atoms with E-state index in [9.17, 15) is 19.7 Å². The number of nitrogens with zero attached hydrogens (tertiary/aromatic N) is 2. The number of aryl methyl sites for hydroxylation is 1. The summed E-state index contributed by atoms with van der Waals surface area (Å²) in [5.74, 6) is 0.0490. The number of amides is 2. The lowest BCUT2D eigenvalue weighted by Crippen LogP contribution is -2.45. The zero-order valence-corrected chi connectivity index (χ0v) is 16.7. The van der Waals surface area contributed by atoms with E-state index in [0.29, 0.717) is 34.7 Å². The summed E-state index contributed by atoms with van der Waals surface area (Å²) in [5.41, 5.74) is 1.60. The lowest BCUT2D eigenvalue weighted by Gasteiger charge is -2.37. The van der Waals surface area contributed by atoms with Crippen LogP contribution in [0.2, 0.25) is 0 Å². The highest BCUT2D eigenvalue weighted by atomic mass is 16.6. The smallest absolute Gasteiger partial charge is 0.272 e. The highest BCUT2D eigenvalue weighted by Gasteiger charge is 2.31. The number of piperidine rings is 1. The highest BCUT2D eigenvalue weighted by molar-refractivity contribution is 6.06. The van der Waals surface area contributed by atoms with Gasteiger partial charge >= 0.3 is 0 Å². The number of hydrogen-bond donors (Lipinski definition) is 1. The molecule has 8 nitrogen and oxygen atoms in total. The Hall–Kier alpha value is -3.42. The Labute approximate surface area is 174 Å². The molecule has 1 saturated heterocycles. The Kier molecular flexibility index (Phi) is 5.39. The van der Waals surface area contributed by atoms with Crippen molar-refractivity contribution >= 4 is 23.2 Å². The number of hydrogen-bond acceptors (Lipinski definition) is 5. The second-order valence-corrected chi connectivity index (χ2v) is 7.71. The van der Waals surface area contributed by atoms with E-state index in [-0.39, 0.29) is 17.6 Å². The van der Waals surface area contributed by atoms with E-state index in [1.165, 1.54) is 18.2 Å². The third kappa shape index (κ3) is 3.85. The van der Waals surface area contributed by atoms with Crippen molar-refractivity contribution < 1.29 is 19.2 Å². The molecule has 2 aliphatic heterocycles.